The molecular formula is C3H9F2GeP. The first-order valence-corrected chi connectivity index (χ1v) is 9.47. The fourth-order valence-corrected chi connectivity index (χ4v) is 0. The zero-order valence-electron chi connectivity index (χ0n) is 4.70. The number of halogens is 2. The van der Waals surface area contributed by atoms with Gasteiger partial charge in [-0.05, 0) is 0 Å². The fraction of sp³-hybridized carbons (Fsp3) is 1.00. The van der Waals surface area contributed by atoms with E-state index in [0.717, 1.165) is 0 Å². The molecule has 0 nitrogen and oxygen atoms in total. The Kier molecular flexibility index (Phi) is 2.69. The molecular weight excluding hydrogens is 178 g/mol. The molecule has 0 aliphatic carbocycles. The molecule has 0 saturated carbocycles. The maximum absolute atomic E-state index is 11.8. The van der Waals surface area contributed by atoms with Crippen LogP contribution in [-0.2, 0) is 0 Å². The van der Waals surface area contributed by atoms with Crippen LogP contribution in [0.1, 0.15) is 0 Å². The molecule has 0 heterocycles. The van der Waals surface area contributed by atoms with Crippen molar-refractivity contribution in [3.63, 3.8) is 0 Å². The molecule has 0 aromatic heterocycles. The van der Waals surface area contributed by atoms with Gasteiger partial charge >= 0.3 is 46.8 Å². The molecule has 0 bridgehead atoms. The zero-order valence-corrected chi connectivity index (χ0v) is 7.70. The average molecular weight is 187 g/mol. The molecule has 0 N–H and O–H groups in total. The molecule has 0 aliphatic rings. The normalized spacial score (nSPS) is 11.6. The van der Waals surface area contributed by atoms with Gasteiger partial charge in [-0.2, -0.15) is 0 Å². The van der Waals surface area contributed by atoms with Crippen molar-refractivity contribution in [1.29, 1.82) is 0 Å². The predicted molar refractivity (Wildman–Crippen MR) is 32.7 cm³/mol. The Morgan fingerprint density at radius 2 is 1.29 bits per heavy atom. The van der Waals surface area contributed by atoms with E-state index in [2.05, 4.69) is 0 Å². The third-order valence-corrected chi connectivity index (χ3v) is 7.90. The predicted octanol–water partition coefficient (Wildman–Crippen LogP) is 1.82. The van der Waals surface area contributed by atoms with Gasteiger partial charge in [0.05, 0.1) is 0 Å². The van der Waals surface area contributed by atoms with Crippen LogP contribution in [0.5, 0.6) is 0 Å². The van der Waals surface area contributed by atoms with Gasteiger partial charge in [0.25, 0.3) is 0 Å². The van der Waals surface area contributed by atoms with Crippen molar-refractivity contribution >= 4 is 19.8 Å². The van der Waals surface area contributed by atoms with E-state index in [1.165, 1.54) is 0 Å². The molecule has 0 atom stereocenters. The van der Waals surface area contributed by atoms with Gasteiger partial charge in [-0.3, -0.25) is 0 Å². The van der Waals surface area contributed by atoms with E-state index < -0.39 is 19.8 Å². The zero-order chi connectivity index (χ0) is 6.08. The molecule has 44 valence electrons. The van der Waals surface area contributed by atoms with Gasteiger partial charge < -0.3 is 0 Å². The summed E-state index contributed by atoms with van der Waals surface area (Å²) in [5, 5.41) is 0. The summed E-state index contributed by atoms with van der Waals surface area (Å²) in [6, 6.07) is 0. The van der Waals surface area contributed by atoms with Gasteiger partial charge in [-0.25, -0.2) is 0 Å². The summed E-state index contributed by atoms with van der Waals surface area (Å²) >= 11 is -3.48. The van der Waals surface area contributed by atoms with Crippen LogP contribution in [0.15, 0.2) is 0 Å². The minimum atomic E-state index is -3.48. The Hall–Kier alpha value is 0.833. The van der Waals surface area contributed by atoms with Crippen LogP contribution >= 0.6 is 5.43 Å². The summed E-state index contributed by atoms with van der Waals surface area (Å²) in [7, 11) is 0. The van der Waals surface area contributed by atoms with Gasteiger partial charge in [0.15, 0.2) is 0 Å². The van der Waals surface area contributed by atoms with Crippen molar-refractivity contribution in [3.8, 4) is 0 Å². The first-order valence-electron chi connectivity index (χ1n) is 1.94. The Morgan fingerprint density at radius 3 is 1.29 bits per heavy atom. The third kappa shape index (κ3) is 3.42. The molecule has 0 amide bonds. The van der Waals surface area contributed by atoms with Crippen molar-refractivity contribution in [2.75, 3.05) is 20.0 Å². The minimum absolute atomic E-state index is 1.65. The van der Waals surface area contributed by atoms with Crippen molar-refractivity contribution in [2.45, 2.75) is 0 Å². The first kappa shape index (κ1) is 7.83. The van der Waals surface area contributed by atoms with E-state index in [4.69, 9.17) is 0 Å². The quantitative estimate of drug-likeness (QED) is 0.400. The topological polar surface area (TPSA) is 0 Å². The SMILES string of the molecule is C[P](C)(C)=[Ge]([F])[F]. The summed E-state index contributed by atoms with van der Waals surface area (Å²) < 4.78 is 23.5. The summed E-state index contributed by atoms with van der Waals surface area (Å²) in [6.07, 6.45) is 0. The maximum atomic E-state index is 11.8. The molecule has 0 aliphatic heterocycles. The molecule has 7 heavy (non-hydrogen) atoms. The Bertz CT molecular complexity index is 102. The van der Waals surface area contributed by atoms with Crippen molar-refractivity contribution in [2.24, 2.45) is 0 Å². The molecule has 4 heteroatoms. The van der Waals surface area contributed by atoms with Crippen LogP contribution in [0.3, 0.4) is 0 Å². The van der Waals surface area contributed by atoms with Crippen LogP contribution in [-0.4, -0.2) is 34.3 Å². The van der Waals surface area contributed by atoms with Gasteiger partial charge in [-0.1, -0.05) is 0 Å². The monoisotopic (exact) mass is 188 g/mol. The van der Waals surface area contributed by atoms with Crippen molar-refractivity contribution in [3.05, 3.63) is 0 Å². The van der Waals surface area contributed by atoms with E-state index in [1.54, 1.807) is 20.0 Å². The Morgan fingerprint density at radius 1 is 1.14 bits per heavy atom. The average Bonchev–Trinajstić information content (AvgIpc) is 1.31. The van der Waals surface area contributed by atoms with Crippen LogP contribution in [0.4, 0.5) is 7.00 Å². The Labute approximate surface area is 47.4 Å². The fourth-order valence-electron chi connectivity index (χ4n) is 0. The van der Waals surface area contributed by atoms with E-state index in [9.17, 15) is 7.00 Å². The molecule has 0 aromatic carbocycles. The van der Waals surface area contributed by atoms with Gasteiger partial charge in [0.2, 0.25) is 0 Å². The van der Waals surface area contributed by atoms with Crippen LogP contribution in [0.25, 0.3) is 0 Å². The van der Waals surface area contributed by atoms with Crippen LogP contribution < -0.4 is 0 Å². The van der Waals surface area contributed by atoms with Gasteiger partial charge in [-0.15, -0.1) is 0 Å². The summed E-state index contributed by atoms with van der Waals surface area (Å²) in [5.74, 6) is 0. The van der Waals surface area contributed by atoms with Crippen molar-refractivity contribution in [1.82, 2.24) is 0 Å². The molecule has 0 radical (unpaired) electrons. The van der Waals surface area contributed by atoms with E-state index in [1.807, 2.05) is 0 Å². The van der Waals surface area contributed by atoms with Crippen LogP contribution in [0, 0.1) is 0 Å². The molecule has 0 spiro atoms. The van der Waals surface area contributed by atoms with Crippen molar-refractivity contribution < 1.29 is 7.00 Å². The molecule has 0 fully saturated rings. The Balaban J connectivity index is 4.28. The van der Waals surface area contributed by atoms with E-state index in [-0.39, 0.29) is 0 Å². The second kappa shape index (κ2) is 2.40. The summed E-state index contributed by atoms with van der Waals surface area (Å²) in [6.45, 7) is 5.09. The summed E-state index contributed by atoms with van der Waals surface area (Å²) in [4.78, 5) is 0. The molecule has 0 saturated heterocycles. The molecule has 0 aromatic rings. The van der Waals surface area contributed by atoms with Crippen LogP contribution in [0.2, 0.25) is 0 Å². The van der Waals surface area contributed by atoms with Gasteiger partial charge in [0.1, 0.15) is 0 Å². The second-order valence-electron chi connectivity index (χ2n) is 2.25. The first-order chi connectivity index (χ1) is 2.94. The third-order valence-electron chi connectivity index (χ3n) is 0.507. The number of hydrogen-bond acceptors (Lipinski definition) is 0. The van der Waals surface area contributed by atoms with E-state index in [0.29, 0.717) is 0 Å². The van der Waals surface area contributed by atoms with E-state index >= 15 is 0 Å². The number of hydrogen-bond donors (Lipinski definition) is 0. The second-order valence-corrected chi connectivity index (χ2v) is 17.5. The van der Waals surface area contributed by atoms with Gasteiger partial charge in [0, 0.05) is 0 Å². The molecule has 0 rings (SSSR count). The molecule has 0 unspecified atom stereocenters. The standard InChI is InChI=1S/C3H9F2GeP/c1-7(2,3)6(4)5/h1-3H3. The summed E-state index contributed by atoms with van der Waals surface area (Å²) in [5.41, 5.74) is -1.65. The number of rotatable bonds is 0.